The minimum absolute atomic E-state index is 0.0124. The molecule has 2 aliphatic heterocycles. The first-order valence-corrected chi connectivity index (χ1v) is 14.6. The highest BCUT2D eigenvalue weighted by Gasteiger charge is 2.54. The van der Waals surface area contributed by atoms with Crippen molar-refractivity contribution in [3.63, 3.8) is 0 Å². The molecule has 1 saturated heterocycles. The van der Waals surface area contributed by atoms with E-state index >= 15 is 0 Å². The van der Waals surface area contributed by atoms with Crippen LogP contribution >= 0.6 is 34.7 Å². The third-order valence-corrected chi connectivity index (χ3v) is 8.80. The van der Waals surface area contributed by atoms with Gasteiger partial charge in [0, 0.05) is 30.0 Å². The molecule has 2 amide bonds. The minimum atomic E-state index is -1.21. The van der Waals surface area contributed by atoms with Crippen LogP contribution in [0.2, 0.25) is 4.34 Å². The number of rotatable bonds is 10. The van der Waals surface area contributed by atoms with Crippen LogP contribution in [0.3, 0.4) is 0 Å². The zero-order valence-corrected chi connectivity index (χ0v) is 23.8. The lowest BCUT2D eigenvalue weighted by Crippen LogP contribution is -2.71. The van der Waals surface area contributed by atoms with Crippen molar-refractivity contribution in [2.24, 2.45) is 10.9 Å². The Bertz CT molecular complexity index is 1550. The van der Waals surface area contributed by atoms with Gasteiger partial charge in [0.2, 0.25) is 0 Å². The molecule has 5 rings (SSSR count). The van der Waals surface area contributed by atoms with E-state index in [0.29, 0.717) is 24.4 Å². The molecule has 212 valence electrons. The van der Waals surface area contributed by atoms with Gasteiger partial charge in [-0.1, -0.05) is 58.4 Å². The number of amides is 2. The first-order valence-electron chi connectivity index (χ1n) is 12.3. The Hall–Kier alpha value is -3.98. The number of carboxylic acid groups (broad SMARTS) is 1. The quantitative estimate of drug-likeness (QED) is 0.114. The molecule has 0 aliphatic carbocycles. The number of hydrogen-bond acceptors (Lipinski definition) is 10. The lowest BCUT2D eigenvalue weighted by atomic mass is 10.0. The van der Waals surface area contributed by atoms with Crippen molar-refractivity contribution in [1.29, 1.82) is 0 Å². The lowest BCUT2D eigenvalue weighted by molar-refractivity contribution is -0.689. The third kappa shape index (κ3) is 6.05. The molecule has 41 heavy (non-hydrogen) atoms. The number of oxime groups is 1. The number of benzene rings is 1. The van der Waals surface area contributed by atoms with Gasteiger partial charge in [0.1, 0.15) is 33.7 Å². The Balaban J connectivity index is 1.33. The predicted octanol–water partition coefficient (Wildman–Crippen LogP) is 1.48. The van der Waals surface area contributed by atoms with Gasteiger partial charge >= 0.3 is 5.97 Å². The largest absolute Gasteiger partial charge is 0.477 e. The molecule has 2 atom stereocenters. The standard InChI is InChI=1S/C26H24ClN7O5S2/c27-21-17(31-26(29)41-21)18(32-39-12-15-6-4-14(10-28)5-7-15)22(35)30-19-23(36)34-20(25(37)38)16(13-40-24(19)34)11-33-8-2-1-3-9-33/h1-9,19,24H,10-13,28H2,(H3-,29,30,31,35,37,38)/p+1/b32-18-/t19-,24-/m1/s1. The smallest absolute Gasteiger partial charge is 0.352 e. The molecule has 4 heterocycles. The third-order valence-electron chi connectivity index (χ3n) is 6.37. The normalized spacial score (nSPS) is 18.5. The summed E-state index contributed by atoms with van der Waals surface area (Å²) in [6.07, 6.45) is 3.64. The fourth-order valence-electron chi connectivity index (χ4n) is 4.37. The number of thiazole rings is 1. The molecule has 2 aromatic heterocycles. The number of nitrogens with two attached hydrogens (primary N) is 2. The summed E-state index contributed by atoms with van der Waals surface area (Å²) in [5.41, 5.74) is 13.4. The van der Waals surface area contributed by atoms with E-state index in [9.17, 15) is 19.5 Å². The second-order valence-electron chi connectivity index (χ2n) is 9.07. The minimum Gasteiger partial charge on any atom is -0.477 e. The number of aromatic nitrogens is 2. The summed E-state index contributed by atoms with van der Waals surface area (Å²) in [6.45, 7) is 0.763. The van der Waals surface area contributed by atoms with E-state index < -0.39 is 29.2 Å². The van der Waals surface area contributed by atoms with E-state index in [1.165, 1.54) is 16.7 Å². The van der Waals surface area contributed by atoms with Crippen molar-refractivity contribution in [1.82, 2.24) is 15.2 Å². The van der Waals surface area contributed by atoms with Gasteiger partial charge in [-0.2, -0.15) is 0 Å². The number of pyridine rings is 1. The van der Waals surface area contributed by atoms with Gasteiger partial charge in [-0.15, -0.1) is 11.8 Å². The molecular formula is C26H25ClN7O5S2+. The monoisotopic (exact) mass is 614 g/mol. The summed E-state index contributed by atoms with van der Waals surface area (Å²) >= 11 is 8.59. The number of anilines is 1. The maximum absolute atomic E-state index is 13.4. The molecule has 2 aliphatic rings. The van der Waals surface area contributed by atoms with Gasteiger partial charge in [-0.05, 0) is 11.1 Å². The first-order chi connectivity index (χ1) is 19.8. The fourth-order valence-corrected chi connectivity index (χ4v) is 6.64. The van der Waals surface area contributed by atoms with Crippen LogP contribution < -0.4 is 21.4 Å². The number of β-lactam (4-membered cyclic amide) rings is 1. The highest BCUT2D eigenvalue weighted by molar-refractivity contribution is 8.00. The van der Waals surface area contributed by atoms with Crippen molar-refractivity contribution in [3.8, 4) is 0 Å². The van der Waals surface area contributed by atoms with Gasteiger partial charge in [0.25, 0.3) is 11.8 Å². The highest BCUT2D eigenvalue weighted by Crippen LogP contribution is 2.40. The van der Waals surface area contributed by atoms with E-state index in [1.807, 2.05) is 59.4 Å². The lowest BCUT2D eigenvalue weighted by Gasteiger charge is -2.49. The number of nitrogen functional groups attached to an aromatic ring is 1. The second kappa shape index (κ2) is 12.3. The topological polar surface area (TPSA) is 177 Å². The molecule has 0 spiro atoms. The first kappa shape index (κ1) is 28.5. The summed E-state index contributed by atoms with van der Waals surface area (Å²) in [4.78, 5) is 49.5. The summed E-state index contributed by atoms with van der Waals surface area (Å²) in [6, 6.07) is 11.9. The van der Waals surface area contributed by atoms with Gasteiger partial charge in [0.15, 0.2) is 29.8 Å². The zero-order valence-electron chi connectivity index (χ0n) is 21.4. The molecule has 6 N–H and O–H groups in total. The number of halogens is 1. The van der Waals surface area contributed by atoms with Gasteiger partial charge in [-0.3, -0.25) is 14.5 Å². The zero-order chi connectivity index (χ0) is 29.1. The predicted molar refractivity (Wildman–Crippen MR) is 154 cm³/mol. The van der Waals surface area contributed by atoms with E-state index in [1.54, 1.807) is 0 Å². The van der Waals surface area contributed by atoms with Crippen molar-refractivity contribution < 1.29 is 28.9 Å². The van der Waals surface area contributed by atoms with Crippen molar-refractivity contribution in [2.75, 3.05) is 11.5 Å². The summed E-state index contributed by atoms with van der Waals surface area (Å²) < 4.78 is 1.96. The highest BCUT2D eigenvalue weighted by atomic mass is 35.5. The number of thioether (sulfide) groups is 1. The molecule has 1 aromatic carbocycles. The van der Waals surface area contributed by atoms with Crippen LogP contribution in [0.1, 0.15) is 16.8 Å². The van der Waals surface area contributed by atoms with E-state index in [4.69, 9.17) is 27.9 Å². The number of fused-ring (bicyclic) bond motifs is 1. The van der Waals surface area contributed by atoms with Crippen LogP contribution in [0.4, 0.5) is 5.13 Å². The van der Waals surface area contributed by atoms with Crippen molar-refractivity contribution in [3.05, 3.63) is 87.3 Å². The van der Waals surface area contributed by atoms with Gasteiger partial charge in [0.05, 0.1) is 0 Å². The summed E-state index contributed by atoms with van der Waals surface area (Å²) in [7, 11) is 0. The Morgan fingerprint density at radius 2 is 1.93 bits per heavy atom. The molecule has 0 bridgehead atoms. The Morgan fingerprint density at radius 3 is 2.56 bits per heavy atom. The maximum atomic E-state index is 13.4. The summed E-state index contributed by atoms with van der Waals surface area (Å²) in [5, 5.41) is 16.1. The van der Waals surface area contributed by atoms with E-state index in [-0.39, 0.29) is 33.2 Å². The molecule has 12 nitrogen and oxygen atoms in total. The molecule has 0 radical (unpaired) electrons. The SMILES string of the molecule is NCc1ccc(CO/N=C(\C(=O)N[C@@H]2C(=O)N3C(C(=O)O)=C(C[n+]4ccccc4)CS[C@H]23)c2nc(N)sc2Cl)cc1. The van der Waals surface area contributed by atoms with E-state index in [0.717, 1.165) is 22.5 Å². The van der Waals surface area contributed by atoms with Crippen LogP contribution in [0.15, 0.2) is 71.3 Å². The Labute approximate surface area is 247 Å². The molecule has 0 saturated carbocycles. The maximum Gasteiger partial charge on any atom is 0.352 e. The second-order valence-corrected chi connectivity index (χ2v) is 11.8. The number of hydrogen-bond donors (Lipinski definition) is 4. The van der Waals surface area contributed by atoms with Crippen LogP contribution in [-0.4, -0.2) is 55.7 Å². The van der Waals surface area contributed by atoms with Crippen molar-refractivity contribution >= 4 is 63.3 Å². The number of nitrogens with zero attached hydrogens (tertiary/aromatic N) is 4. The van der Waals surface area contributed by atoms with Gasteiger partial charge < -0.3 is 26.7 Å². The van der Waals surface area contributed by atoms with Crippen LogP contribution in [-0.2, 0) is 38.9 Å². The number of aliphatic carboxylic acids is 1. The molecule has 3 aromatic rings. The Kier molecular flexibility index (Phi) is 8.54. The number of carbonyl (C=O) groups excluding carboxylic acids is 2. The summed E-state index contributed by atoms with van der Waals surface area (Å²) in [5.74, 6) is -2.15. The van der Waals surface area contributed by atoms with Crippen LogP contribution in [0.25, 0.3) is 0 Å². The van der Waals surface area contributed by atoms with Crippen molar-refractivity contribution in [2.45, 2.75) is 31.1 Å². The molecular weight excluding hydrogens is 590 g/mol. The van der Waals surface area contributed by atoms with Crippen LogP contribution in [0.5, 0.6) is 0 Å². The molecule has 1 fully saturated rings. The number of carbonyl (C=O) groups is 3. The number of nitrogens with one attached hydrogen (secondary N) is 1. The van der Waals surface area contributed by atoms with E-state index in [2.05, 4.69) is 15.5 Å². The van der Waals surface area contributed by atoms with Crippen LogP contribution in [0, 0.1) is 0 Å². The Morgan fingerprint density at radius 1 is 1.22 bits per heavy atom. The average Bonchev–Trinajstić information content (AvgIpc) is 3.31. The van der Waals surface area contributed by atoms with Gasteiger partial charge in [-0.25, -0.2) is 14.3 Å². The number of carboxylic acids is 1. The molecule has 15 heteroatoms. The fraction of sp³-hybridized carbons (Fsp3) is 0.231. The average molecular weight is 615 g/mol. The molecule has 0 unspecified atom stereocenters.